The van der Waals surface area contributed by atoms with Gasteiger partial charge in [-0.05, 0) is 19.3 Å². The van der Waals surface area contributed by atoms with Crippen LogP contribution in [0.25, 0.3) is 11.4 Å². The molecular formula is C17H22N6O2S. The number of anilines is 2. The zero-order valence-corrected chi connectivity index (χ0v) is 15.3. The number of piperidine rings is 1. The third-order valence-corrected chi connectivity index (χ3v) is 5.86. The highest BCUT2D eigenvalue weighted by Crippen LogP contribution is 2.33. The Hall–Kier alpha value is -2.26. The van der Waals surface area contributed by atoms with E-state index in [4.69, 9.17) is 0 Å². The number of hydrogen-bond acceptors (Lipinski definition) is 8. The number of hydrogen-bond donors (Lipinski definition) is 2. The molecule has 0 aromatic carbocycles. The fraction of sp³-hybridized carbons (Fsp3) is 0.529. The summed E-state index contributed by atoms with van der Waals surface area (Å²) in [7, 11) is 0. The average Bonchev–Trinajstić information content (AvgIpc) is 3.15. The molecule has 2 aromatic heterocycles. The molecule has 0 unspecified atom stereocenters. The van der Waals surface area contributed by atoms with Crippen molar-refractivity contribution in [3.8, 4) is 11.4 Å². The van der Waals surface area contributed by atoms with E-state index in [0.717, 1.165) is 63.1 Å². The van der Waals surface area contributed by atoms with Gasteiger partial charge in [0.15, 0.2) is 5.13 Å². The van der Waals surface area contributed by atoms with Gasteiger partial charge < -0.3 is 20.2 Å². The van der Waals surface area contributed by atoms with Crippen molar-refractivity contribution in [2.24, 2.45) is 0 Å². The minimum Gasteiger partial charge on any atom is -0.477 e. The molecule has 2 aliphatic heterocycles. The van der Waals surface area contributed by atoms with Gasteiger partial charge in [0.1, 0.15) is 22.1 Å². The van der Waals surface area contributed by atoms with E-state index in [1.54, 1.807) is 12.4 Å². The summed E-state index contributed by atoms with van der Waals surface area (Å²) >= 11 is 1.23. The maximum absolute atomic E-state index is 11.7. The summed E-state index contributed by atoms with van der Waals surface area (Å²) in [5.74, 6) is -0.146. The lowest BCUT2D eigenvalue weighted by Crippen LogP contribution is -2.43. The quantitative estimate of drug-likeness (QED) is 0.835. The number of piperazine rings is 1. The van der Waals surface area contributed by atoms with Crippen LogP contribution in [0.2, 0.25) is 0 Å². The Bertz CT molecular complexity index is 766. The third-order valence-electron chi connectivity index (χ3n) is 4.76. The van der Waals surface area contributed by atoms with Crippen LogP contribution < -0.4 is 15.1 Å². The molecule has 0 aliphatic carbocycles. The minimum absolute atomic E-state index is 0.231. The van der Waals surface area contributed by atoms with Crippen molar-refractivity contribution < 1.29 is 9.90 Å². The number of aromatic carboxylic acids is 1. The Morgan fingerprint density at radius 1 is 1.04 bits per heavy atom. The van der Waals surface area contributed by atoms with Gasteiger partial charge in [-0.3, -0.25) is 0 Å². The number of rotatable bonds is 4. The van der Waals surface area contributed by atoms with Crippen LogP contribution in [0.1, 0.15) is 28.9 Å². The molecule has 26 heavy (non-hydrogen) atoms. The SMILES string of the molecule is O=C(O)c1sc(N2CCCCC2)nc1-c1cnc(N2CCNCC2)cn1. The second-order valence-corrected chi connectivity index (χ2v) is 7.50. The Morgan fingerprint density at radius 3 is 2.46 bits per heavy atom. The molecule has 4 heterocycles. The summed E-state index contributed by atoms with van der Waals surface area (Å²) in [5.41, 5.74) is 0.934. The van der Waals surface area contributed by atoms with Crippen molar-refractivity contribution in [3.63, 3.8) is 0 Å². The van der Waals surface area contributed by atoms with Crippen molar-refractivity contribution in [3.05, 3.63) is 17.3 Å². The van der Waals surface area contributed by atoms with Crippen molar-refractivity contribution >= 4 is 28.3 Å². The first-order chi connectivity index (χ1) is 12.7. The van der Waals surface area contributed by atoms with Gasteiger partial charge in [0.25, 0.3) is 0 Å². The molecule has 0 radical (unpaired) electrons. The summed E-state index contributed by atoms with van der Waals surface area (Å²) in [6.45, 7) is 5.50. The molecule has 2 saturated heterocycles. The first-order valence-corrected chi connectivity index (χ1v) is 9.81. The zero-order chi connectivity index (χ0) is 17.9. The van der Waals surface area contributed by atoms with Gasteiger partial charge in [-0.1, -0.05) is 11.3 Å². The normalized spacial score (nSPS) is 18.2. The van der Waals surface area contributed by atoms with Crippen molar-refractivity contribution in [2.45, 2.75) is 19.3 Å². The van der Waals surface area contributed by atoms with E-state index in [2.05, 4.69) is 30.1 Å². The van der Waals surface area contributed by atoms with E-state index < -0.39 is 5.97 Å². The number of carbonyl (C=O) groups is 1. The van der Waals surface area contributed by atoms with E-state index in [9.17, 15) is 9.90 Å². The highest BCUT2D eigenvalue weighted by atomic mass is 32.1. The van der Waals surface area contributed by atoms with Crippen LogP contribution in [-0.4, -0.2) is 65.3 Å². The molecular weight excluding hydrogens is 352 g/mol. The van der Waals surface area contributed by atoms with Gasteiger partial charge in [0.2, 0.25) is 0 Å². The second kappa shape index (κ2) is 7.55. The molecule has 0 amide bonds. The third kappa shape index (κ3) is 3.49. The van der Waals surface area contributed by atoms with Gasteiger partial charge >= 0.3 is 5.97 Å². The summed E-state index contributed by atoms with van der Waals surface area (Å²) in [6, 6.07) is 0. The number of nitrogens with one attached hydrogen (secondary N) is 1. The molecule has 0 saturated carbocycles. The predicted molar refractivity (Wildman–Crippen MR) is 101 cm³/mol. The van der Waals surface area contributed by atoms with Crippen molar-refractivity contribution in [1.82, 2.24) is 20.3 Å². The maximum atomic E-state index is 11.7. The second-order valence-electron chi connectivity index (χ2n) is 6.52. The number of aromatic nitrogens is 3. The summed E-state index contributed by atoms with van der Waals surface area (Å²) < 4.78 is 0. The molecule has 0 bridgehead atoms. The first kappa shape index (κ1) is 17.2. The number of carboxylic acids is 1. The molecule has 9 heteroatoms. The topological polar surface area (TPSA) is 94.5 Å². The number of carboxylic acid groups (broad SMARTS) is 1. The molecule has 138 valence electrons. The van der Waals surface area contributed by atoms with Gasteiger partial charge in [0, 0.05) is 39.3 Å². The standard InChI is InChI=1S/C17H22N6O2S/c24-16(25)15-14(21-17(26-15)23-6-2-1-3-7-23)12-10-20-13(11-19-12)22-8-4-18-5-9-22/h10-11,18H,1-9H2,(H,24,25). The Kier molecular flexibility index (Phi) is 4.98. The van der Waals surface area contributed by atoms with Gasteiger partial charge in [0.05, 0.1) is 12.4 Å². The van der Waals surface area contributed by atoms with Crippen molar-refractivity contribution in [2.75, 3.05) is 49.1 Å². The van der Waals surface area contributed by atoms with Crippen LogP contribution in [0.15, 0.2) is 12.4 Å². The van der Waals surface area contributed by atoms with Crippen LogP contribution >= 0.6 is 11.3 Å². The largest absolute Gasteiger partial charge is 0.477 e. The maximum Gasteiger partial charge on any atom is 0.348 e. The molecule has 4 rings (SSSR count). The van der Waals surface area contributed by atoms with Crippen LogP contribution in [0.4, 0.5) is 10.9 Å². The number of nitrogens with zero attached hydrogens (tertiary/aromatic N) is 5. The average molecular weight is 374 g/mol. The molecule has 0 atom stereocenters. The first-order valence-electron chi connectivity index (χ1n) is 8.99. The molecule has 0 spiro atoms. The van der Waals surface area contributed by atoms with E-state index >= 15 is 0 Å². The minimum atomic E-state index is -0.964. The highest BCUT2D eigenvalue weighted by molar-refractivity contribution is 7.17. The summed E-state index contributed by atoms with van der Waals surface area (Å²) in [4.78, 5) is 29.8. The van der Waals surface area contributed by atoms with E-state index in [-0.39, 0.29) is 4.88 Å². The molecule has 2 aliphatic rings. The Balaban J connectivity index is 1.61. The molecule has 2 fully saturated rings. The van der Waals surface area contributed by atoms with Gasteiger partial charge in [-0.2, -0.15) is 0 Å². The Morgan fingerprint density at radius 2 is 1.81 bits per heavy atom. The lowest BCUT2D eigenvalue weighted by atomic mass is 10.1. The zero-order valence-electron chi connectivity index (χ0n) is 14.5. The van der Waals surface area contributed by atoms with E-state index in [0.29, 0.717) is 11.4 Å². The fourth-order valence-corrected chi connectivity index (χ4v) is 4.31. The molecule has 8 nitrogen and oxygen atoms in total. The fourth-order valence-electron chi connectivity index (χ4n) is 3.35. The lowest BCUT2D eigenvalue weighted by molar-refractivity contribution is 0.0702. The van der Waals surface area contributed by atoms with E-state index in [1.165, 1.54) is 17.8 Å². The van der Waals surface area contributed by atoms with Crippen LogP contribution in [0.5, 0.6) is 0 Å². The summed E-state index contributed by atoms with van der Waals surface area (Å²) in [6.07, 6.45) is 6.82. The predicted octanol–water partition coefficient (Wildman–Crippen LogP) is 1.70. The van der Waals surface area contributed by atoms with Crippen molar-refractivity contribution in [1.29, 1.82) is 0 Å². The molecule has 2 N–H and O–H groups in total. The lowest BCUT2D eigenvalue weighted by Gasteiger charge is -2.28. The number of thiazole rings is 1. The highest BCUT2D eigenvalue weighted by Gasteiger charge is 2.24. The van der Waals surface area contributed by atoms with Gasteiger partial charge in [-0.15, -0.1) is 0 Å². The van der Waals surface area contributed by atoms with Crippen LogP contribution in [0, 0.1) is 0 Å². The Labute approximate surface area is 155 Å². The van der Waals surface area contributed by atoms with E-state index in [1.807, 2.05) is 0 Å². The van der Waals surface area contributed by atoms with Gasteiger partial charge in [-0.25, -0.2) is 19.7 Å². The summed E-state index contributed by atoms with van der Waals surface area (Å²) in [5, 5.41) is 13.7. The van der Waals surface area contributed by atoms with Crippen LogP contribution in [-0.2, 0) is 0 Å². The smallest absolute Gasteiger partial charge is 0.348 e. The van der Waals surface area contributed by atoms with Crippen LogP contribution in [0.3, 0.4) is 0 Å². The monoisotopic (exact) mass is 374 g/mol. The molecule has 2 aromatic rings.